The smallest absolute Gasteiger partial charge is 0.227 e. The number of H-pyrrole nitrogens is 1. The molecule has 2 heterocycles. The highest BCUT2D eigenvalue weighted by molar-refractivity contribution is 5.94. The third-order valence-electron chi connectivity index (χ3n) is 5.77. The van der Waals surface area contributed by atoms with Crippen molar-refractivity contribution in [2.24, 2.45) is 5.92 Å². The second-order valence-electron chi connectivity index (χ2n) is 8.34. The summed E-state index contributed by atoms with van der Waals surface area (Å²) < 4.78 is 5.02. The van der Waals surface area contributed by atoms with E-state index in [9.17, 15) is 4.79 Å². The molecule has 0 unspecified atom stereocenters. The molecule has 0 spiro atoms. The Bertz CT molecular complexity index is 1250. The Labute approximate surface area is 191 Å². The van der Waals surface area contributed by atoms with Gasteiger partial charge in [0.05, 0.1) is 12.6 Å². The molecule has 0 bridgehead atoms. The van der Waals surface area contributed by atoms with E-state index in [1.54, 1.807) is 13.4 Å². The van der Waals surface area contributed by atoms with E-state index < -0.39 is 0 Å². The van der Waals surface area contributed by atoms with Gasteiger partial charge >= 0.3 is 0 Å². The Morgan fingerprint density at radius 1 is 1.03 bits per heavy atom. The predicted molar refractivity (Wildman–Crippen MR) is 128 cm³/mol. The van der Waals surface area contributed by atoms with Crippen molar-refractivity contribution >= 4 is 34.1 Å². The van der Waals surface area contributed by atoms with Crippen molar-refractivity contribution < 1.29 is 9.53 Å². The molecule has 0 radical (unpaired) electrons. The number of carbonyl (C=O) groups excluding carboxylic acids is 1. The minimum atomic E-state index is 0.134. The summed E-state index contributed by atoms with van der Waals surface area (Å²) in [7, 11) is 1.62. The molecule has 168 valence electrons. The van der Waals surface area contributed by atoms with Gasteiger partial charge in [0, 0.05) is 28.8 Å². The van der Waals surface area contributed by atoms with E-state index in [0.29, 0.717) is 5.92 Å². The SMILES string of the molecule is COc1ccc(NC(=O)C2CC2)cc1.c1ccc2c(Nc3ncncc3C3CC3)n[nH]c2c1. The molecule has 0 saturated heterocycles. The number of fused-ring (bicyclic) bond motifs is 1. The molecule has 4 aromatic rings. The van der Waals surface area contributed by atoms with Gasteiger partial charge in [-0.3, -0.25) is 9.89 Å². The number of anilines is 3. The van der Waals surface area contributed by atoms with Crippen LogP contribution >= 0.6 is 0 Å². The molecule has 6 rings (SSSR count). The number of amides is 1. The van der Waals surface area contributed by atoms with Crippen LogP contribution in [-0.2, 0) is 4.79 Å². The van der Waals surface area contributed by atoms with Crippen LogP contribution in [0.3, 0.4) is 0 Å². The van der Waals surface area contributed by atoms with Gasteiger partial charge in [-0.2, -0.15) is 5.10 Å². The summed E-state index contributed by atoms with van der Waals surface area (Å²) in [6, 6.07) is 15.4. The highest BCUT2D eigenvalue weighted by Gasteiger charge is 2.29. The molecule has 0 atom stereocenters. The van der Waals surface area contributed by atoms with Crippen LogP contribution in [-0.4, -0.2) is 33.2 Å². The lowest BCUT2D eigenvalue weighted by molar-refractivity contribution is -0.117. The van der Waals surface area contributed by atoms with E-state index in [1.165, 1.54) is 18.4 Å². The predicted octanol–water partition coefficient (Wildman–Crippen LogP) is 5.02. The highest BCUT2D eigenvalue weighted by Crippen LogP contribution is 2.43. The van der Waals surface area contributed by atoms with Gasteiger partial charge < -0.3 is 15.4 Å². The van der Waals surface area contributed by atoms with Gasteiger partial charge in [-0.1, -0.05) is 12.1 Å². The maximum Gasteiger partial charge on any atom is 0.227 e. The average Bonchev–Trinajstić information content (AvgIpc) is 3.78. The monoisotopic (exact) mass is 442 g/mol. The van der Waals surface area contributed by atoms with Crippen LogP contribution in [0.25, 0.3) is 10.9 Å². The molecule has 2 saturated carbocycles. The Morgan fingerprint density at radius 2 is 1.82 bits per heavy atom. The number of rotatable bonds is 6. The molecular formula is C25H26N6O2. The number of hydrogen-bond donors (Lipinski definition) is 3. The first kappa shape index (κ1) is 20.9. The minimum Gasteiger partial charge on any atom is -0.497 e. The van der Waals surface area contributed by atoms with Crippen molar-refractivity contribution in [3.8, 4) is 5.75 Å². The van der Waals surface area contributed by atoms with Crippen molar-refractivity contribution in [2.75, 3.05) is 17.7 Å². The van der Waals surface area contributed by atoms with Gasteiger partial charge in [-0.15, -0.1) is 0 Å². The number of carbonyl (C=O) groups is 1. The zero-order valence-electron chi connectivity index (χ0n) is 18.4. The normalized spacial score (nSPS) is 14.8. The van der Waals surface area contributed by atoms with Crippen molar-refractivity contribution in [3.05, 3.63) is 66.6 Å². The number of aromatic nitrogens is 4. The number of nitrogens with zero attached hydrogens (tertiary/aromatic N) is 3. The van der Waals surface area contributed by atoms with Gasteiger partial charge in [0.1, 0.15) is 17.9 Å². The lowest BCUT2D eigenvalue weighted by Crippen LogP contribution is -2.12. The number of ether oxygens (including phenoxy) is 1. The molecule has 33 heavy (non-hydrogen) atoms. The van der Waals surface area contributed by atoms with Crippen molar-refractivity contribution in [2.45, 2.75) is 31.6 Å². The highest BCUT2D eigenvalue weighted by atomic mass is 16.5. The van der Waals surface area contributed by atoms with Crippen LogP contribution in [0.15, 0.2) is 61.1 Å². The third-order valence-corrected chi connectivity index (χ3v) is 5.77. The first-order valence-electron chi connectivity index (χ1n) is 11.2. The fourth-order valence-electron chi connectivity index (χ4n) is 3.57. The molecule has 2 aromatic carbocycles. The molecule has 2 aliphatic rings. The second-order valence-corrected chi connectivity index (χ2v) is 8.34. The van der Waals surface area contributed by atoms with Crippen LogP contribution in [0.4, 0.5) is 17.3 Å². The van der Waals surface area contributed by atoms with E-state index in [0.717, 1.165) is 46.8 Å². The summed E-state index contributed by atoms with van der Waals surface area (Å²) in [6.45, 7) is 0. The van der Waals surface area contributed by atoms with Crippen LogP contribution in [0.2, 0.25) is 0 Å². The number of aromatic amines is 1. The van der Waals surface area contributed by atoms with Gasteiger partial charge in [-0.05, 0) is 68.0 Å². The summed E-state index contributed by atoms with van der Waals surface area (Å²) in [6.07, 6.45) is 7.99. The lowest BCUT2D eigenvalue weighted by atomic mass is 10.2. The summed E-state index contributed by atoms with van der Waals surface area (Å²) in [5, 5.41) is 14.6. The van der Waals surface area contributed by atoms with Crippen LogP contribution in [0, 0.1) is 5.92 Å². The largest absolute Gasteiger partial charge is 0.497 e. The van der Waals surface area contributed by atoms with E-state index in [-0.39, 0.29) is 11.8 Å². The van der Waals surface area contributed by atoms with Gasteiger partial charge in [0.2, 0.25) is 5.91 Å². The van der Waals surface area contributed by atoms with Crippen LogP contribution in [0.5, 0.6) is 5.75 Å². The molecule has 2 aromatic heterocycles. The maximum atomic E-state index is 11.4. The zero-order chi connectivity index (χ0) is 22.6. The Kier molecular flexibility index (Phi) is 5.89. The maximum absolute atomic E-state index is 11.4. The number of nitrogens with one attached hydrogen (secondary N) is 3. The molecule has 3 N–H and O–H groups in total. The van der Waals surface area contributed by atoms with E-state index in [4.69, 9.17) is 4.74 Å². The lowest BCUT2D eigenvalue weighted by Gasteiger charge is -2.07. The number of benzene rings is 2. The Balaban J connectivity index is 0.000000146. The first-order valence-corrected chi connectivity index (χ1v) is 11.2. The van der Waals surface area contributed by atoms with Gasteiger partial charge in [-0.25, -0.2) is 9.97 Å². The quantitative estimate of drug-likeness (QED) is 0.387. The Morgan fingerprint density at radius 3 is 2.55 bits per heavy atom. The van der Waals surface area contributed by atoms with Crippen molar-refractivity contribution in [1.82, 2.24) is 20.2 Å². The van der Waals surface area contributed by atoms with E-state index in [2.05, 4.69) is 30.8 Å². The fourth-order valence-corrected chi connectivity index (χ4v) is 3.57. The van der Waals surface area contributed by atoms with E-state index >= 15 is 0 Å². The molecule has 2 fully saturated rings. The molecule has 8 heteroatoms. The second kappa shape index (κ2) is 9.28. The zero-order valence-corrected chi connectivity index (χ0v) is 18.4. The number of methoxy groups -OCH3 is 1. The fraction of sp³-hybridized carbons (Fsp3) is 0.280. The standard InChI is InChI=1S/C14H13N5.C11H13NO2/c1-2-4-12-10(3-1)14(19-18-12)17-13-11(9-5-6-9)7-15-8-16-13;1-14-10-6-4-9(5-7-10)12-11(13)8-2-3-8/h1-4,7-9H,5-6H2,(H2,15,16,17,18,19);4-8H,2-3H2,1H3,(H,12,13). The average molecular weight is 443 g/mol. The van der Waals surface area contributed by atoms with Gasteiger partial charge in [0.25, 0.3) is 0 Å². The summed E-state index contributed by atoms with van der Waals surface area (Å²) in [4.78, 5) is 19.9. The Hall–Kier alpha value is -3.94. The molecule has 8 nitrogen and oxygen atoms in total. The third kappa shape index (κ3) is 5.11. The number of hydrogen-bond acceptors (Lipinski definition) is 6. The summed E-state index contributed by atoms with van der Waals surface area (Å²) in [5.41, 5.74) is 3.05. The molecule has 2 aliphatic carbocycles. The molecule has 1 amide bonds. The molecular weight excluding hydrogens is 416 g/mol. The summed E-state index contributed by atoms with van der Waals surface area (Å²) in [5.74, 6) is 3.47. The molecule has 0 aliphatic heterocycles. The van der Waals surface area contributed by atoms with Gasteiger partial charge in [0.15, 0.2) is 5.82 Å². The topological polar surface area (TPSA) is 105 Å². The van der Waals surface area contributed by atoms with E-state index in [1.807, 2.05) is 54.7 Å². The van der Waals surface area contributed by atoms with Crippen LogP contribution in [0.1, 0.15) is 37.2 Å². The van der Waals surface area contributed by atoms with Crippen molar-refractivity contribution in [3.63, 3.8) is 0 Å². The minimum absolute atomic E-state index is 0.134. The van der Waals surface area contributed by atoms with Crippen LogP contribution < -0.4 is 15.4 Å². The first-order chi connectivity index (χ1) is 16.2. The van der Waals surface area contributed by atoms with Crippen molar-refractivity contribution in [1.29, 1.82) is 0 Å². The number of para-hydroxylation sites is 1. The summed E-state index contributed by atoms with van der Waals surface area (Å²) >= 11 is 0.